The molecule has 0 bridgehead atoms. The summed E-state index contributed by atoms with van der Waals surface area (Å²) in [4.78, 5) is 12.0. The second-order valence-corrected chi connectivity index (χ2v) is 5.63. The molecule has 0 aliphatic heterocycles. The summed E-state index contributed by atoms with van der Waals surface area (Å²) < 4.78 is 16.4. The molecule has 2 rings (SSSR count). The second-order valence-electron chi connectivity index (χ2n) is 5.63. The van der Waals surface area contributed by atoms with Gasteiger partial charge in [0.25, 0.3) is 0 Å². The molecule has 0 fully saturated rings. The number of hydrogen-bond donors (Lipinski definition) is 0. The van der Waals surface area contributed by atoms with E-state index in [9.17, 15) is 4.79 Å². The molecule has 4 heteroatoms. The van der Waals surface area contributed by atoms with Crippen molar-refractivity contribution in [1.82, 2.24) is 0 Å². The summed E-state index contributed by atoms with van der Waals surface area (Å²) in [6.07, 6.45) is 1.85. The molecular formula is C20H24O4. The molecule has 0 aromatic heterocycles. The minimum atomic E-state index is -0.341. The summed E-state index contributed by atoms with van der Waals surface area (Å²) in [6.45, 7) is 4.98. The lowest BCUT2D eigenvalue weighted by Crippen LogP contribution is -2.07. The Bertz CT molecular complexity index is 662. The standard InChI is InChI=1S/C20H24O4/c1-4-5-12-23-20(21)17-10-11-18(19(13-17)22-3)24-14-16-8-6-15(2)7-9-16/h6-11,13H,4-5,12,14H2,1-3H3. The molecule has 24 heavy (non-hydrogen) atoms. The van der Waals surface area contributed by atoms with Gasteiger partial charge in [0, 0.05) is 0 Å². The summed E-state index contributed by atoms with van der Waals surface area (Å²) in [6, 6.07) is 13.2. The topological polar surface area (TPSA) is 44.8 Å². The van der Waals surface area contributed by atoms with E-state index >= 15 is 0 Å². The van der Waals surface area contributed by atoms with Crippen molar-refractivity contribution in [2.45, 2.75) is 33.3 Å². The maximum atomic E-state index is 12.0. The number of rotatable bonds is 8. The van der Waals surface area contributed by atoms with Crippen LogP contribution in [0.5, 0.6) is 11.5 Å². The Hall–Kier alpha value is -2.49. The monoisotopic (exact) mass is 328 g/mol. The van der Waals surface area contributed by atoms with Gasteiger partial charge in [-0.15, -0.1) is 0 Å². The van der Waals surface area contributed by atoms with Crippen molar-refractivity contribution in [3.8, 4) is 11.5 Å². The van der Waals surface area contributed by atoms with E-state index in [1.54, 1.807) is 25.3 Å². The summed E-state index contributed by atoms with van der Waals surface area (Å²) in [7, 11) is 1.56. The van der Waals surface area contributed by atoms with E-state index in [4.69, 9.17) is 14.2 Å². The van der Waals surface area contributed by atoms with Crippen LogP contribution in [0.3, 0.4) is 0 Å². The van der Waals surface area contributed by atoms with Crippen molar-refractivity contribution in [1.29, 1.82) is 0 Å². The number of esters is 1. The van der Waals surface area contributed by atoms with Crippen LogP contribution in [-0.2, 0) is 11.3 Å². The summed E-state index contributed by atoms with van der Waals surface area (Å²) in [5.74, 6) is 0.780. The Kier molecular flexibility index (Phi) is 6.67. The zero-order valence-corrected chi connectivity index (χ0v) is 14.5. The number of unbranched alkanes of at least 4 members (excludes halogenated alkanes) is 1. The lowest BCUT2D eigenvalue weighted by Gasteiger charge is -2.12. The SMILES string of the molecule is CCCCOC(=O)c1ccc(OCc2ccc(C)cc2)c(OC)c1. The highest BCUT2D eigenvalue weighted by Gasteiger charge is 2.12. The molecule has 2 aromatic carbocycles. The number of methoxy groups -OCH3 is 1. The van der Waals surface area contributed by atoms with Gasteiger partial charge in [-0.3, -0.25) is 0 Å². The van der Waals surface area contributed by atoms with Crippen molar-refractivity contribution < 1.29 is 19.0 Å². The van der Waals surface area contributed by atoms with Crippen LogP contribution >= 0.6 is 0 Å². The number of carbonyl (C=O) groups is 1. The minimum Gasteiger partial charge on any atom is -0.493 e. The minimum absolute atomic E-state index is 0.341. The average Bonchev–Trinajstić information content (AvgIpc) is 2.61. The number of carbonyl (C=O) groups excluding carboxylic acids is 1. The van der Waals surface area contributed by atoms with Gasteiger partial charge in [-0.1, -0.05) is 43.2 Å². The van der Waals surface area contributed by atoms with E-state index in [1.165, 1.54) is 5.56 Å². The maximum absolute atomic E-state index is 12.0. The number of benzene rings is 2. The number of hydrogen-bond acceptors (Lipinski definition) is 4. The van der Waals surface area contributed by atoms with Crippen LogP contribution in [0.4, 0.5) is 0 Å². The normalized spacial score (nSPS) is 10.3. The maximum Gasteiger partial charge on any atom is 0.338 e. The van der Waals surface area contributed by atoms with E-state index in [1.807, 2.05) is 31.2 Å². The van der Waals surface area contributed by atoms with Crippen LogP contribution < -0.4 is 9.47 Å². The molecule has 0 saturated carbocycles. The van der Waals surface area contributed by atoms with Crippen LogP contribution in [0.15, 0.2) is 42.5 Å². The average molecular weight is 328 g/mol. The quantitative estimate of drug-likeness (QED) is 0.527. The van der Waals surface area contributed by atoms with Gasteiger partial charge >= 0.3 is 5.97 Å². The molecule has 0 saturated heterocycles. The van der Waals surface area contributed by atoms with Gasteiger partial charge in [0.05, 0.1) is 19.3 Å². The van der Waals surface area contributed by atoms with E-state index < -0.39 is 0 Å². The van der Waals surface area contributed by atoms with Crippen molar-refractivity contribution in [2.75, 3.05) is 13.7 Å². The summed E-state index contributed by atoms with van der Waals surface area (Å²) in [5.41, 5.74) is 2.75. The van der Waals surface area contributed by atoms with Crippen LogP contribution in [-0.4, -0.2) is 19.7 Å². The van der Waals surface area contributed by atoms with Crippen molar-refractivity contribution in [3.63, 3.8) is 0 Å². The van der Waals surface area contributed by atoms with E-state index in [2.05, 4.69) is 6.92 Å². The highest BCUT2D eigenvalue weighted by atomic mass is 16.5. The van der Waals surface area contributed by atoms with Crippen LogP contribution in [0.2, 0.25) is 0 Å². The van der Waals surface area contributed by atoms with E-state index in [-0.39, 0.29) is 5.97 Å². The first-order valence-electron chi connectivity index (χ1n) is 8.17. The number of ether oxygens (including phenoxy) is 3. The molecule has 0 heterocycles. The fraction of sp³-hybridized carbons (Fsp3) is 0.350. The predicted octanol–water partition coefficient (Wildman–Crippen LogP) is 4.54. The molecule has 4 nitrogen and oxygen atoms in total. The molecule has 128 valence electrons. The van der Waals surface area contributed by atoms with Gasteiger partial charge in [0.15, 0.2) is 11.5 Å². The fourth-order valence-electron chi connectivity index (χ4n) is 2.15. The molecule has 0 atom stereocenters. The van der Waals surface area contributed by atoms with Crippen LogP contribution in [0.25, 0.3) is 0 Å². The smallest absolute Gasteiger partial charge is 0.338 e. The zero-order chi connectivity index (χ0) is 17.4. The molecular weight excluding hydrogens is 304 g/mol. The molecule has 0 amide bonds. The Labute approximate surface area is 143 Å². The van der Waals surface area contributed by atoms with Crippen LogP contribution in [0.1, 0.15) is 41.3 Å². The van der Waals surface area contributed by atoms with Crippen molar-refractivity contribution in [2.24, 2.45) is 0 Å². The largest absolute Gasteiger partial charge is 0.493 e. The van der Waals surface area contributed by atoms with Crippen molar-refractivity contribution >= 4 is 5.97 Å². The first kappa shape index (κ1) is 17.9. The summed E-state index contributed by atoms with van der Waals surface area (Å²) in [5, 5.41) is 0. The summed E-state index contributed by atoms with van der Waals surface area (Å²) >= 11 is 0. The lowest BCUT2D eigenvalue weighted by molar-refractivity contribution is 0.0499. The lowest BCUT2D eigenvalue weighted by atomic mass is 10.1. The third-order valence-corrected chi connectivity index (χ3v) is 3.65. The van der Waals surface area contributed by atoms with Gasteiger partial charge in [0.2, 0.25) is 0 Å². The Morgan fingerprint density at radius 2 is 1.79 bits per heavy atom. The molecule has 0 spiro atoms. The Morgan fingerprint density at radius 3 is 2.46 bits per heavy atom. The molecule has 0 aliphatic rings. The molecule has 0 unspecified atom stereocenters. The van der Waals surface area contributed by atoms with Crippen LogP contribution in [0, 0.1) is 6.92 Å². The predicted molar refractivity (Wildman–Crippen MR) is 93.7 cm³/mol. The van der Waals surface area contributed by atoms with E-state index in [0.717, 1.165) is 18.4 Å². The molecule has 0 aliphatic carbocycles. The third-order valence-electron chi connectivity index (χ3n) is 3.65. The molecule has 2 aromatic rings. The Balaban J connectivity index is 2.02. The third kappa shape index (κ3) is 5.01. The van der Waals surface area contributed by atoms with Gasteiger partial charge in [-0.05, 0) is 37.1 Å². The van der Waals surface area contributed by atoms with E-state index in [0.29, 0.717) is 30.3 Å². The highest BCUT2D eigenvalue weighted by Crippen LogP contribution is 2.29. The highest BCUT2D eigenvalue weighted by molar-refractivity contribution is 5.90. The fourth-order valence-corrected chi connectivity index (χ4v) is 2.15. The Morgan fingerprint density at radius 1 is 1.04 bits per heavy atom. The number of aryl methyl sites for hydroxylation is 1. The molecule has 0 N–H and O–H groups in total. The van der Waals surface area contributed by atoms with Crippen molar-refractivity contribution in [3.05, 3.63) is 59.2 Å². The van der Waals surface area contributed by atoms with Gasteiger partial charge < -0.3 is 14.2 Å². The second kappa shape index (κ2) is 8.96. The first-order chi connectivity index (χ1) is 11.6. The molecule has 0 radical (unpaired) electrons. The zero-order valence-electron chi connectivity index (χ0n) is 14.5. The van der Waals surface area contributed by atoms with Gasteiger partial charge in [-0.2, -0.15) is 0 Å². The van der Waals surface area contributed by atoms with Gasteiger partial charge in [-0.25, -0.2) is 4.79 Å². The first-order valence-corrected chi connectivity index (χ1v) is 8.17. The van der Waals surface area contributed by atoms with Gasteiger partial charge in [0.1, 0.15) is 6.61 Å².